The van der Waals surface area contributed by atoms with Gasteiger partial charge in [-0.25, -0.2) is 4.98 Å². The molecule has 5 heteroatoms. The molecule has 4 heterocycles. The average molecular weight is 410 g/mol. The van der Waals surface area contributed by atoms with Crippen LogP contribution in [0.1, 0.15) is 42.0 Å². The van der Waals surface area contributed by atoms with Crippen LogP contribution in [0, 0.1) is 0 Å². The van der Waals surface area contributed by atoms with Crippen molar-refractivity contribution >= 4 is 34.1 Å². The average Bonchev–Trinajstić information content (AvgIpc) is 3.34. The molecule has 5 rings (SSSR count). The molecule has 5 nitrogen and oxygen atoms in total. The highest BCUT2D eigenvalue weighted by molar-refractivity contribution is 5.91. The maximum atomic E-state index is 4.65. The third kappa shape index (κ3) is 4.28. The number of anilines is 1. The summed E-state index contributed by atoms with van der Waals surface area (Å²) in [5.41, 5.74) is 5.52. The first kappa shape index (κ1) is 19.6. The molecule has 2 aliphatic heterocycles. The van der Waals surface area contributed by atoms with Crippen LogP contribution in [0.25, 0.3) is 22.0 Å². The van der Waals surface area contributed by atoms with Crippen molar-refractivity contribution in [2.45, 2.75) is 25.2 Å². The van der Waals surface area contributed by atoms with Crippen molar-refractivity contribution in [1.29, 1.82) is 0 Å². The van der Waals surface area contributed by atoms with Crippen LogP contribution in [0.15, 0.2) is 66.6 Å². The molecular formula is C26H27N5. The number of pyridine rings is 2. The Hall–Kier alpha value is -3.31. The third-order valence-electron chi connectivity index (χ3n) is 6.28. The molecule has 0 unspecified atom stereocenters. The normalized spacial score (nSPS) is 17.1. The van der Waals surface area contributed by atoms with E-state index in [2.05, 4.69) is 69.1 Å². The van der Waals surface area contributed by atoms with Crippen molar-refractivity contribution in [2.75, 3.05) is 25.5 Å². The zero-order valence-electron chi connectivity index (χ0n) is 17.9. The molecule has 0 aliphatic carbocycles. The summed E-state index contributed by atoms with van der Waals surface area (Å²) in [6.07, 6.45) is 10.9. The van der Waals surface area contributed by atoms with Crippen LogP contribution in [0.2, 0.25) is 0 Å². The lowest BCUT2D eigenvalue weighted by Crippen LogP contribution is -2.29. The molecule has 156 valence electrons. The monoisotopic (exact) mass is 409 g/mol. The summed E-state index contributed by atoms with van der Waals surface area (Å²) in [4.78, 5) is 15.8. The Morgan fingerprint density at radius 1 is 1.06 bits per heavy atom. The van der Waals surface area contributed by atoms with E-state index in [1.54, 1.807) is 0 Å². The topological polar surface area (TPSA) is 53.4 Å². The molecular weight excluding hydrogens is 382 g/mol. The van der Waals surface area contributed by atoms with Gasteiger partial charge in [-0.1, -0.05) is 18.7 Å². The van der Waals surface area contributed by atoms with Gasteiger partial charge in [0, 0.05) is 59.5 Å². The molecule has 2 aromatic heterocycles. The van der Waals surface area contributed by atoms with Crippen LogP contribution in [0.5, 0.6) is 0 Å². The van der Waals surface area contributed by atoms with Gasteiger partial charge in [-0.2, -0.15) is 0 Å². The van der Waals surface area contributed by atoms with E-state index in [0.717, 1.165) is 65.9 Å². The fraction of sp³-hybridized carbons (Fsp3) is 0.269. The van der Waals surface area contributed by atoms with E-state index >= 15 is 0 Å². The van der Waals surface area contributed by atoms with Crippen molar-refractivity contribution in [1.82, 2.24) is 14.9 Å². The summed E-state index contributed by atoms with van der Waals surface area (Å²) < 4.78 is 0. The number of piperidine rings is 1. The molecule has 3 aromatic rings. The van der Waals surface area contributed by atoms with Crippen LogP contribution in [0.4, 0.5) is 5.82 Å². The summed E-state index contributed by atoms with van der Waals surface area (Å²) in [7, 11) is 2.18. The molecule has 1 fully saturated rings. The minimum Gasteiger partial charge on any atom is -0.340 e. The number of rotatable bonds is 5. The summed E-state index contributed by atoms with van der Waals surface area (Å²) >= 11 is 0. The van der Waals surface area contributed by atoms with Crippen LogP contribution < -0.4 is 5.32 Å². The van der Waals surface area contributed by atoms with Gasteiger partial charge in [0.1, 0.15) is 5.82 Å². The highest BCUT2D eigenvalue weighted by Gasteiger charge is 2.20. The van der Waals surface area contributed by atoms with Gasteiger partial charge < -0.3 is 10.2 Å². The number of likely N-dealkylation sites (tertiary alicyclic amines) is 1. The van der Waals surface area contributed by atoms with Gasteiger partial charge in [0.15, 0.2) is 0 Å². The minimum atomic E-state index is 0.523. The summed E-state index contributed by atoms with van der Waals surface area (Å²) in [5.74, 6) is 1.32. The second-order valence-corrected chi connectivity index (χ2v) is 8.47. The molecule has 0 bridgehead atoms. The van der Waals surface area contributed by atoms with E-state index in [1.807, 2.05) is 30.9 Å². The van der Waals surface area contributed by atoms with Crippen molar-refractivity contribution in [3.63, 3.8) is 0 Å². The molecule has 31 heavy (non-hydrogen) atoms. The number of fused-ring (bicyclic) bond motifs is 1. The Labute approximate surface area is 183 Å². The maximum absolute atomic E-state index is 4.65. The van der Waals surface area contributed by atoms with Gasteiger partial charge in [0.2, 0.25) is 0 Å². The number of hydrogen-bond acceptors (Lipinski definition) is 5. The Balaban J connectivity index is 1.34. The smallest absolute Gasteiger partial charge is 0.130 e. The Morgan fingerprint density at radius 2 is 1.94 bits per heavy atom. The largest absolute Gasteiger partial charge is 0.340 e. The number of aliphatic imine (C=N–C) groups is 1. The first-order valence-corrected chi connectivity index (χ1v) is 10.9. The summed E-state index contributed by atoms with van der Waals surface area (Å²) in [6.45, 7) is 6.52. The molecule has 0 atom stereocenters. The van der Waals surface area contributed by atoms with Crippen LogP contribution >= 0.6 is 0 Å². The van der Waals surface area contributed by atoms with Gasteiger partial charge in [-0.05, 0) is 73.8 Å². The van der Waals surface area contributed by atoms with Gasteiger partial charge in [-0.15, -0.1) is 0 Å². The van der Waals surface area contributed by atoms with Gasteiger partial charge in [-0.3, -0.25) is 9.98 Å². The molecule has 1 aromatic carbocycles. The lowest BCUT2D eigenvalue weighted by Gasteiger charge is -2.28. The van der Waals surface area contributed by atoms with Crippen LogP contribution in [-0.4, -0.2) is 41.2 Å². The van der Waals surface area contributed by atoms with Crippen molar-refractivity contribution in [3.05, 3.63) is 78.4 Å². The predicted molar refractivity (Wildman–Crippen MR) is 129 cm³/mol. The quantitative estimate of drug-likeness (QED) is 0.618. The summed E-state index contributed by atoms with van der Waals surface area (Å²) in [5, 5.41) is 5.66. The molecule has 0 radical (unpaired) electrons. The Morgan fingerprint density at radius 3 is 2.74 bits per heavy atom. The standard InChI is InChI=1S/C26H27N5/c1-18(20-6-10-28-25(14-20)19-7-11-31(2)12-8-19)30-26-15-24-13-21(23-5-9-27-16-23)3-4-22(24)17-29-26/h3-4,6,9-10,13-17,19H,1,5,7-8,11-12H2,2H3,(H,29,30). The second-order valence-electron chi connectivity index (χ2n) is 8.47. The maximum Gasteiger partial charge on any atom is 0.130 e. The number of hydrogen-bond donors (Lipinski definition) is 1. The minimum absolute atomic E-state index is 0.523. The van der Waals surface area contributed by atoms with Crippen molar-refractivity contribution < 1.29 is 0 Å². The third-order valence-corrected chi connectivity index (χ3v) is 6.28. The molecule has 0 saturated carbocycles. The first-order valence-electron chi connectivity index (χ1n) is 10.9. The number of nitrogens with zero attached hydrogens (tertiary/aromatic N) is 4. The fourth-order valence-corrected chi connectivity index (χ4v) is 4.34. The van der Waals surface area contributed by atoms with Crippen molar-refractivity contribution in [3.8, 4) is 0 Å². The van der Waals surface area contributed by atoms with Gasteiger partial charge in [0.05, 0.1) is 0 Å². The van der Waals surface area contributed by atoms with Gasteiger partial charge >= 0.3 is 0 Å². The zero-order valence-corrected chi connectivity index (χ0v) is 17.9. The fourth-order valence-electron chi connectivity index (χ4n) is 4.34. The number of allylic oxidation sites excluding steroid dienone is 1. The molecule has 0 amide bonds. The molecule has 0 spiro atoms. The highest BCUT2D eigenvalue weighted by atomic mass is 15.1. The first-order chi connectivity index (χ1) is 15.2. The lowest BCUT2D eigenvalue weighted by atomic mass is 9.92. The van der Waals surface area contributed by atoms with Crippen LogP contribution in [-0.2, 0) is 0 Å². The molecule has 2 aliphatic rings. The van der Waals surface area contributed by atoms with E-state index in [9.17, 15) is 0 Å². The van der Waals surface area contributed by atoms with E-state index in [-0.39, 0.29) is 0 Å². The lowest BCUT2D eigenvalue weighted by molar-refractivity contribution is 0.253. The van der Waals surface area contributed by atoms with E-state index in [4.69, 9.17) is 0 Å². The number of nitrogens with one attached hydrogen (secondary N) is 1. The Kier molecular flexibility index (Phi) is 5.35. The van der Waals surface area contributed by atoms with E-state index in [0.29, 0.717) is 5.92 Å². The summed E-state index contributed by atoms with van der Waals surface area (Å²) in [6, 6.07) is 12.7. The molecule has 1 N–H and O–H groups in total. The highest BCUT2D eigenvalue weighted by Crippen LogP contribution is 2.29. The predicted octanol–water partition coefficient (Wildman–Crippen LogP) is 5.34. The zero-order chi connectivity index (χ0) is 21.2. The number of benzene rings is 1. The SMILES string of the molecule is C=C(Nc1cc2cc(C3=CN=CC3)ccc2cn1)c1ccnc(C2CCN(C)CC2)c1. The second kappa shape index (κ2) is 8.44. The number of aromatic nitrogens is 2. The van der Waals surface area contributed by atoms with E-state index in [1.165, 1.54) is 11.1 Å². The van der Waals surface area contributed by atoms with E-state index < -0.39 is 0 Å². The van der Waals surface area contributed by atoms with Crippen LogP contribution in [0.3, 0.4) is 0 Å². The van der Waals surface area contributed by atoms with Crippen molar-refractivity contribution in [2.24, 2.45) is 4.99 Å². The molecule has 1 saturated heterocycles. The van der Waals surface area contributed by atoms with Gasteiger partial charge in [0.25, 0.3) is 0 Å². The Bertz CT molecular complexity index is 1190.